The van der Waals surface area contributed by atoms with Gasteiger partial charge < -0.3 is 20.3 Å². The molecule has 0 aliphatic rings. The Morgan fingerprint density at radius 1 is 1.30 bits per heavy atom. The lowest BCUT2D eigenvalue weighted by Gasteiger charge is -2.17. The standard InChI is InChI=1S/C21H34N4O2/c1-8-17(5)27-19-11-16(4)9-10-18(19)13-23-21(22-12-15(2)3)24-14-20(26)25(6)7/h9-11,17H,2,8,12-14H2,1,3-7H3,(H2,22,23,24). The first-order chi connectivity index (χ1) is 12.7. The van der Waals surface area contributed by atoms with Crippen molar-refractivity contribution < 1.29 is 9.53 Å². The van der Waals surface area contributed by atoms with Gasteiger partial charge in [0.25, 0.3) is 0 Å². The van der Waals surface area contributed by atoms with Crippen LogP contribution in [0.15, 0.2) is 35.3 Å². The Hall–Kier alpha value is -2.50. The fourth-order valence-corrected chi connectivity index (χ4v) is 2.09. The lowest BCUT2D eigenvalue weighted by Crippen LogP contribution is -2.43. The second-order valence-corrected chi connectivity index (χ2v) is 7.07. The monoisotopic (exact) mass is 374 g/mol. The molecule has 0 spiro atoms. The zero-order valence-corrected chi connectivity index (χ0v) is 17.6. The highest BCUT2D eigenvalue weighted by molar-refractivity contribution is 5.86. The molecule has 1 aromatic rings. The van der Waals surface area contributed by atoms with Gasteiger partial charge >= 0.3 is 0 Å². The predicted molar refractivity (Wildman–Crippen MR) is 112 cm³/mol. The minimum Gasteiger partial charge on any atom is -0.490 e. The lowest BCUT2D eigenvalue weighted by molar-refractivity contribution is -0.127. The van der Waals surface area contributed by atoms with Crippen molar-refractivity contribution in [3.05, 3.63) is 41.5 Å². The van der Waals surface area contributed by atoms with E-state index < -0.39 is 0 Å². The smallest absolute Gasteiger partial charge is 0.241 e. The van der Waals surface area contributed by atoms with Crippen molar-refractivity contribution in [2.45, 2.75) is 46.8 Å². The number of aryl methyl sites for hydroxylation is 1. The summed E-state index contributed by atoms with van der Waals surface area (Å²) in [5, 5.41) is 6.27. The summed E-state index contributed by atoms with van der Waals surface area (Å²) in [5.74, 6) is 1.41. The van der Waals surface area contributed by atoms with Crippen LogP contribution in [0.5, 0.6) is 5.75 Å². The van der Waals surface area contributed by atoms with E-state index >= 15 is 0 Å². The number of likely N-dealkylation sites (N-methyl/N-ethyl adjacent to an activating group) is 1. The molecule has 6 nitrogen and oxygen atoms in total. The number of guanidine groups is 1. The number of carbonyl (C=O) groups excluding carboxylic acids is 1. The molecule has 0 bridgehead atoms. The molecule has 0 aromatic heterocycles. The second-order valence-electron chi connectivity index (χ2n) is 7.07. The third-order valence-corrected chi connectivity index (χ3v) is 4.00. The maximum atomic E-state index is 11.8. The van der Waals surface area contributed by atoms with Crippen LogP contribution in [-0.4, -0.2) is 50.1 Å². The number of nitrogens with zero attached hydrogens (tertiary/aromatic N) is 2. The van der Waals surface area contributed by atoms with Gasteiger partial charge in [-0.1, -0.05) is 31.2 Å². The number of aliphatic imine (C=N–C) groups is 1. The molecule has 0 saturated heterocycles. The number of rotatable bonds is 9. The van der Waals surface area contributed by atoms with E-state index in [0.717, 1.165) is 28.9 Å². The number of nitrogens with one attached hydrogen (secondary N) is 2. The summed E-state index contributed by atoms with van der Waals surface area (Å²) in [6, 6.07) is 6.14. The first-order valence-corrected chi connectivity index (χ1v) is 9.35. The number of benzene rings is 1. The van der Waals surface area contributed by atoms with Crippen molar-refractivity contribution in [1.82, 2.24) is 15.5 Å². The largest absolute Gasteiger partial charge is 0.490 e. The van der Waals surface area contributed by atoms with Crippen LogP contribution in [0.3, 0.4) is 0 Å². The van der Waals surface area contributed by atoms with Crippen LogP contribution < -0.4 is 15.4 Å². The number of hydrogen-bond acceptors (Lipinski definition) is 3. The van der Waals surface area contributed by atoms with Gasteiger partial charge in [-0.05, 0) is 38.8 Å². The van der Waals surface area contributed by atoms with E-state index in [1.807, 2.05) is 26.0 Å². The summed E-state index contributed by atoms with van der Waals surface area (Å²) in [7, 11) is 3.46. The van der Waals surface area contributed by atoms with Crippen LogP contribution >= 0.6 is 0 Å². The van der Waals surface area contributed by atoms with Crippen molar-refractivity contribution in [2.75, 3.05) is 27.2 Å². The van der Waals surface area contributed by atoms with E-state index in [1.165, 1.54) is 0 Å². The molecule has 150 valence electrons. The first kappa shape index (κ1) is 22.5. The SMILES string of the molecule is C=C(C)CNC(=NCc1ccc(C)cc1OC(C)CC)NCC(=O)N(C)C. The molecule has 0 saturated carbocycles. The van der Waals surface area contributed by atoms with Gasteiger partial charge in [-0.25, -0.2) is 4.99 Å². The summed E-state index contributed by atoms with van der Waals surface area (Å²) >= 11 is 0. The summed E-state index contributed by atoms with van der Waals surface area (Å²) in [5.41, 5.74) is 3.15. The maximum Gasteiger partial charge on any atom is 0.241 e. The molecule has 0 heterocycles. The first-order valence-electron chi connectivity index (χ1n) is 9.35. The third kappa shape index (κ3) is 8.62. The molecule has 1 amide bonds. The van der Waals surface area contributed by atoms with E-state index in [9.17, 15) is 4.79 Å². The van der Waals surface area contributed by atoms with Crippen molar-refractivity contribution in [1.29, 1.82) is 0 Å². The average molecular weight is 375 g/mol. The van der Waals surface area contributed by atoms with Crippen LogP contribution in [0.2, 0.25) is 0 Å². The fourth-order valence-electron chi connectivity index (χ4n) is 2.09. The van der Waals surface area contributed by atoms with E-state index in [1.54, 1.807) is 19.0 Å². The molecular formula is C21H34N4O2. The number of hydrogen-bond donors (Lipinski definition) is 2. The van der Waals surface area contributed by atoms with Gasteiger partial charge in [-0.2, -0.15) is 0 Å². The number of amides is 1. The van der Waals surface area contributed by atoms with Crippen molar-refractivity contribution in [3.63, 3.8) is 0 Å². The van der Waals surface area contributed by atoms with Gasteiger partial charge in [-0.15, -0.1) is 0 Å². The minimum absolute atomic E-state index is 0.0176. The van der Waals surface area contributed by atoms with Gasteiger partial charge in [0.2, 0.25) is 5.91 Å². The van der Waals surface area contributed by atoms with Crippen LogP contribution in [0.25, 0.3) is 0 Å². The van der Waals surface area contributed by atoms with Crippen molar-refractivity contribution >= 4 is 11.9 Å². The van der Waals surface area contributed by atoms with Crippen molar-refractivity contribution in [2.24, 2.45) is 4.99 Å². The van der Waals surface area contributed by atoms with Crippen LogP contribution in [0.1, 0.15) is 38.3 Å². The highest BCUT2D eigenvalue weighted by Crippen LogP contribution is 2.23. The Labute approximate surface area is 163 Å². The maximum absolute atomic E-state index is 11.8. The number of ether oxygens (including phenoxy) is 1. The zero-order valence-electron chi connectivity index (χ0n) is 17.6. The topological polar surface area (TPSA) is 66.0 Å². The summed E-state index contributed by atoms with van der Waals surface area (Å²) in [6.45, 7) is 13.3. The van der Waals surface area contributed by atoms with Gasteiger partial charge in [0.15, 0.2) is 5.96 Å². The fraction of sp³-hybridized carbons (Fsp3) is 0.524. The Balaban J connectivity index is 2.93. The van der Waals surface area contributed by atoms with Gasteiger partial charge in [0.05, 0.1) is 19.2 Å². The molecule has 27 heavy (non-hydrogen) atoms. The highest BCUT2D eigenvalue weighted by atomic mass is 16.5. The molecule has 1 aromatic carbocycles. The molecule has 0 radical (unpaired) electrons. The summed E-state index contributed by atoms with van der Waals surface area (Å²) in [4.78, 5) is 18.0. The molecule has 0 aliphatic carbocycles. The highest BCUT2D eigenvalue weighted by Gasteiger charge is 2.09. The van der Waals surface area contributed by atoms with Gasteiger partial charge in [-0.3, -0.25) is 4.79 Å². The lowest BCUT2D eigenvalue weighted by atomic mass is 10.1. The molecule has 0 fully saturated rings. The van der Waals surface area contributed by atoms with Crippen LogP contribution in [-0.2, 0) is 11.3 Å². The van der Waals surface area contributed by atoms with Crippen molar-refractivity contribution in [3.8, 4) is 5.75 Å². The second kappa shape index (κ2) is 11.3. The predicted octanol–water partition coefficient (Wildman–Crippen LogP) is 2.87. The Morgan fingerprint density at radius 3 is 2.56 bits per heavy atom. The van der Waals surface area contributed by atoms with Gasteiger partial charge in [0.1, 0.15) is 5.75 Å². The summed E-state index contributed by atoms with van der Waals surface area (Å²) < 4.78 is 6.05. The van der Waals surface area contributed by atoms with E-state index in [-0.39, 0.29) is 18.6 Å². The quantitative estimate of drug-likeness (QED) is 0.396. The van der Waals surface area contributed by atoms with E-state index in [2.05, 4.69) is 42.1 Å². The normalized spacial score (nSPS) is 12.3. The Kier molecular flexibility index (Phi) is 9.40. The molecular weight excluding hydrogens is 340 g/mol. The molecule has 2 N–H and O–H groups in total. The molecule has 1 atom stereocenters. The van der Waals surface area contributed by atoms with Crippen LogP contribution in [0, 0.1) is 6.92 Å². The Morgan fingerprint density at radius 2 is 1.96 bits per heavy atom. The Bertz CT molecular complexity index is 668. The van der Waals surface area contributed by atoms with Crippen LogP contribution in [0.4, 0.5) is 0 Å². The van der Waals surface area contributed by atoms with E-state index in [0.29, 0.717) is 19.0 Å². The molecule has 6 heteroatoms. The number of carbonyl (C=O) groups is 1. The molecule has 0 aliphatic heterocycles. The third-order valence-electron chi connectivity index (χ3n) is 4.00. The van der Waals surface area contributed by atoms with Gasteiger partial charge in [0, 0.05) is 26.2 Å². The average Bonchev–Trinajstić information content (AvgIpc) is 2.61. The van der Waals surface area contributed by atoms with E-state index in [4.69, 9.17) is 4.74 Å². The summed E-state index contributed by atoms with van der Waals surface area (Å²) in [6.07, 6.45) is 1.09. The minimum atomic E-state index is -0.0176. The zero-order chi connectivity index (χ0) is 20.4. The molecule has 1 rings (SSSR count). The molecule has 1 unspecified atom stereocenters.